The number of hydrogen-bond acceptors (Lipinski definition) is 5. The molecule has 7 heteroatoms. The van der Waals surface area contributed by atoms with E-state index >= 15 is 0 Å². The Hall–Kier alpha value is -9.33. The van der Waals surface area contributed by atoms with Gasteiger partial charge in [0.1, 0.15) is 0 Å². The van der Waals surface area contributed by atoms with Gasteiger partial charge in [-0.2, -0.15) is 9.97 Å². The van der Waals surface area contributed by atoms with Gasteiger partial charge in [-0.05, 0) is 41.5 Å². The summed E-state index contributed by atoms with van der Waals surface area (Å²) in [6.07, 6.45) is 0. The summed E-state index contributed by atoms with van der Waals surface area (Å²) in [7, 11) is 0. The smallest absolute Gasteiger partial charge is 0.238 e. The second kappa shape index (κ2) is 16.3. The molecule has 0 fully saturated rings. The normalized spacial score (nSPS) is 11.5. The Morgan fingerprint density at radius 2 is 0.691 bits per heavy atom. The molecule has 318 valence electrons. The Kier molecular flexibility index (Phi) is 9.35. The number of hydrogen-bond donors (Lipinski definition) is 0. The van der Waals surface area contributed by atoms with E-state index in [1.807, 2.05) is 60.7 Å². The molecule has 4 heterocycles. The number of para-hydroxylation sites is 2. The Morgan fingerprint density at radius 1 is 0.265 bits per heavy atom. The first-order chi connectivity index (χ1) is 33.7. The topological polar surface area (TPSA) is 74.3 Å². The highest BCUT2D eigenvalue weighted by atomic mass is 15.2. The van der Waals surface area contributed by atoms with Crippen molar-refractivity contribution in [1.29, 1.82) is 0 Å². The van der Waals surface area contributed by atoms with E-state index in [0.29, 0.717) is 23.4 Å². The lowest BCUT2D eigenvalue weighted by Gasteiger charge is -2.15. The van der Waals surface area contributed by atoms with E-state index in [9.17, 15) is 0 Å². The molecule has 0 aliphatic heterocycles. The molecule has 9 aromatic carbocycles. The largest absolute Gasteiger partial charge is 0.307 e. The second-order valence-corrected chi connectivity index (χ2v) is 16.9. The summed E-state index contributed by atoms with van der Waals surface area (Å²) < 4.78 is 4.64. The van der Waals surface area contributed by atoms with Crippen LogP contribution in [-0.4, -0.2) is 34.1 Å². The molecule has 0 radical (unpaired) electrons. The van der Waals surface area contributed by atoms with Gasteiger partial charge in [0.15, 0.2) is 17.5 Å². The molecular formula is C61H39N7. The van der Waals surface area contributed by atoms with E-state index < -0.39 is 0 Å². The molecule has 13 rings (SSSR count). The lowest BCUT2D eigenvalue weighted by atomic mass is 9.99. The fourth-order valence-corrected chi connectivity index (χ4v) is 9.68. The highest BCUT2D eigenvalue weighted by Gasteiger charge is 2.24. The van der Waals surface area contributed by atoms with Gasteiger partial charge in [-0.1, -0.05) is 206 Å². The first-order valence-corrected chi connectivity index (χ1v) is 22.8. The van der Waals surface area contributed by atoms with Crippen LogP contribution in [0.5, 0.6) is 0 Å². The third-order valence-corrected chi connectivity index (χ3v) is 12.8. The first-order valence-electron chi connectivity index (χ1n) is 22.8. The average Bonchev–Trinajstić information content (AvgIpc) is 3.95. The molecule has 7 nitrogen and oxygen atoms in total. The fourth-order valence-electron chi connectivity index (χ4n) is 9.68. The molecule has 0 unspecified atom stereocenters. The Morgan fingerprint density at radius 3 is 1.28 bits per heavy atom. The Labute approximate surface area is 392 Å². The summed E-state index contributed by atoms with van der Waals surface area (Å²) in [6.45, 7) is 0. The van der Waals surface area contributed by atoms with Gasteiger partial charge in [0, 0.05) is 55.0 Å². The maximum absolute atomic E-state index is 5.44. The molecule has 0 amide bonds. The van der Waals surface area contributed by atoms with Crippen molar-refractivity contribution in [2.45, 2.75) is 0 Å². The molecule has 13 aromatic rings. The van der Waals surface area contributed by atoms with Crippen LogP contribution in [0.4, 0.5) is 0 Å². The zero-order valence-corrected chi connectivity index (χ0v) is 36.6. The van der Waals surface area contributed by atoms with Gasteiger partial charge >= 0.3 is 0 Å². The van der Waals surface area contributed by atoms with Crippen molar-refractivity contribution in [2.75, 3.05) is 0 Å². The van der Waals surface area contributed by atoms with Gasteiger partial charge in [0.05, 0.1) is 33.5 Å². The van der Waals surface area contributed by atoms with E-state index in [-0.39, 0.29) is 0 Å². The van der Waals surface area contributed by atoms with Crippen molar-refractivity contribution in [3.05, 3.63) is 237 Å². The van der Waals surface area contributed by atoms with Crippen LogP contribution >= 0.6 is 0 Å². The lowest BCUT2D eigenvalue weighted by Crippen LogP contribution is -2.07. The van der Waals surface area contributed by atoms with E-state index in [0.717, 1.165) is 99.6 Å². The molecule has 0 atom stereocenters. The van der Waals surface area contributed by atoms with Crippen LogP contribution in [0.15, 0.2) is 237 Å². The third-order valence-electron chi connectivity index (χ3n) is 12.8. The molecular weight excluding hydrogens is 831 g/mol. The van der Waals surface area contributed by atoms with Crippen LogP contribution in [0.1, 0.15) is 0 Å². The van der Waals surface area contributed by atoms with Crippen LogP contribution in [0.2, 0.25) is 0 Å². The van der Waals surface area contributed by atoms with Crippen molar-refractivity contribution in [1.82, 2.24) is 34.1 Å². The van der Waals surface area contributed by atoms with Crippen molar-refractivity contribution in [2.24, 2.45) is 0 Å². The molecule has 0 bridgehead atoms. The van der Waals surface area contributed by atoms with Crippen LogP contribution in [0, 0.1) is 0 Å². The summed E-state index contributed by atoms with van der Waals surface area (Å²) in [5.74, 6) is 2.41. The minimum Gasteiger partial charge on any atom is -0.307 e. The predicted octanol–water partition coefficient (Wildman–Crippen LogP) is 14.9. The van der Waals surface area contributed by atoms with Gasteiger partial charge in [-0.25, -0.2) is 15.0 Å². The zero-order chi connectivity index (χ0) is 45.0. The van der Waals surface area contributed by atoms with Crippen LogP contribution < -0.4 is 0 Å². The van der Waals surface area contributed by atoms with Crippen molar-refractivity contribution in [3.8, 4) is 79.4 Å². The van der Waals surface area contributed by atoms with Gasteiger partial charge in [-0.15, -0.1) is 0 Å². The SMILES string of the molecule is c1ccc(-c2cc(-c3ccc(-n4c5ccccc5c5ccc6c7ccccc7n(-c7nc(-c8ccccc8)nc(-c8ccccc8-c8ccccc8)n7)c6c54)cc3)nc(-c3ccccc3)n2)cc1. The van der Waals surface area contributed by atoms with E-state index in [1.165, 1.54) is 0 Å². The maximum Gasteiger partial charge on any atom is 0.238 e. The summed E-state index contributed by atoms with van der Waals surface area (Å²) in [6, 6.07) is 82.1. The van der Waals surface area contributed by atoms with E-state index in [4.69, 9.17) is 24.9 Å². The standard InChI is InChI=1S/C61H39N7/c1-5-19-40(20-6-1)46-27-13-14-30-51(46)60-64-59(44-25-11-4-12-26-44)65-61(66-60)68-55-32-18-16-29-48(55)50-38-37-49-47-28-15-17-31-54(47)67(56(49)57(50)68)45-35-33-42(34-36-45)53-39-52(41-21-7-2-8-22-41)62-58(63-53)43-23-9-3-10-24-43/h1-39H. The number of nitrogens with zero attached hydrogens (tertiary/aromatic N) is 7. The number of aromatic nitrogens is 7. The van der Waals surface area contributed by atoms with Gasteiger partial charge in [0.2, 0.25) is 5.95 Å². The molecule has 68 heavy (non-hydrogen) atoms. The summed E-state index contributed by atoms with van der Waals surface area (Å²) in [5.41, 5.74) is 13.9. The van der Waals surface area contributed by atoms with Crippen LogP contribution in [0.25, 0.3) is 123 Å². The van der Waals surface area contributed by atoms with E-state index in [2.05, 4.69) is 185 Å². The third kappa shape index (κ3) is 6.64. The van der Waals surface area contributed by atoms with Crippen molar-refractivity contribution >= 4 is 43.6 Å². The van der Waals surface area contributed by atoms with E-state index in [1.54, 1.807) is 0 Å². The summed E-state index contributed by atoms with van der Waals surface area (Å²) in [5, 5.41) is 4.49. The van der Waals surface area contributed by atoms with Gasteiger partial charge in [-0.3, -0.25) is 4.57 Å². The molecule has 0 spiro atoms. The zero-order valence-electron chi connectivity index (χ0n) is 36.6. The lowest BCUT2D eigenvalue weighted by molar-refractivity contribution is 0.953. The highest BCUT2D eigenvalue weighted by Crippen LogP contribution is 2.42. The molecule has 0 saturated carbocycles. The quantitative estimate of drug-likeness (QED) is 0.152. The average molecular weight is 870 g/mol. The predicted molar refractivity (Wildman–Crippen MR) is 277 cm³/mol. The minimum absolute atomic E-state index is 0.537. The highest BCUT2D eigenvalue weighted by molar-refractivity contribution is 6.23. The van der Waals surface area contributed by atoms with Crippen molar-refractivity contribution in [3.63, 3.8) is 0 Å². The molecule has 0 N–H and O–H groups in total. The number of rotatable bonds is 8. The monoisotopic (exact) mass is 869 g/mol. The second-order valence-electron chi connectivity index (χ2n) is 16.9. The van der Waals surface area contributed by atoms with Gasteiger partial charge in [0.25, 0.3) is 0 Å². The Bertz CT molecular complexity index is 3940. The number of fused-ring (bicyclic) bond motifs is 7. The molecule has 4 aromatic heterocycles. The van der Waals surface area contributed by atoms with Crippen molar-refractivity contribution < 1.29 is 0 Å². The molecule has 0 aliphatic rings. The summed E-state index contributed by atoms with van der Waals surface area (Å²) >= 11 is 0. The number of benzene rings is 9. The van der Waals surface area contributed by atoms with Crippen LogP contribution in [-0.2, 0) is 0 Å². The van der Waals surface area contributed by atoms with Gasteiger partial charge < -0.3 is 4.57 Å². The molecule has 0 saturated heterocycles. The first kappa shape index (κ1) is 39.1. The molecule has 0 aliphatic carbocycles. The van der Waals surface area contributed by atoms with Crippen LogP contribution in [0.3, 0.4) is 0 Å². The fraction of sp³-hybridized carbons (Fsp3) is 0. The Balaban J connectivity index is 1.05. The minimum atomic E-state index is 0.537. The summed E-state index contributed by atoms with van der Waals surface area (Å²) in [4.78, 5) is 26.2. The maximum atomic E-state index is 5.44.